The van der Waals surface area contributed by atoms with E-state index in [1.807, 2.05) is 6.07 Å². The van der Waals surface area contributed by atoms with Gasteiger partial charge in [0, 0.05) is 38.4 Å². The van der Waals surface area contributed by atoms with E-state index in [1.165, 1.54) is 33.0 Å². The molecule has 11 aromatic rings. The molecule has 0 radical (unpaired) electrons. The van der Waals surface area contributed by atoms with Crippen molar-refractivity contribution < 1.29 is 4.42 Å². The van der Waals surface area contributed by atoms with Crippen LogP contribution >= 0.6 is 0 Å². The zero-order chi connectivity index (χ0) is 37.7. The van der Waals surface area contributed by atoms with Gasteiger partial charge in [-0.2, -0.15) is 0 Å². The largest absolute Gasteiger partial charge is 0.454 e. The van der Waals surface area contributed by atoms with Gasteiger partial charge in [-0.1, -0.05) is 170 Å². The quantitative estimate of drug-likeness (QED) is 0.163. The second-order valence-corrected chi connectivity index (χ2v) is 14.5. The van der Waals surface area contributed by atoms with Crippen LogP contribution in [-0.4, -0.2) is 4.57 Å². The van der Waals surface area contributed by atoms with Crippen molar-refractivity contribution in [1.82, 2.24) is 4.57 Å². The smallest absolute Gasteiger partial charge is 0.159 e. The third-order valence-electron chi connectivity index (χ3n) is 11.2. The summed E-state index contributed by atoms with van der Waals surface area (Å²) in [4.78, 5) is 2.38. The molecule has 3 nitrogen and oxygen atoms in total. The summed E-state index contributed by atoms with van der Waals surface area (Å²) < 4.78 is 9.19. The van der Waals surface area contributed by atoms with Crippen LogP contribution in [0.15, 0.2) is 223 Å². The van der Waals surface area contributed by atoms with Gasteiger partial charge in [0.15, 0.2) is 5.58 Å². The van der Waals surface area contributed by atoms with Gasteiger partial charge in [0.1, 0.15) is 5.58 Å². The van der Waals surface area contributed by atoms with Gasteiger partial charge in [-0.15, -0.1) is 0 Å². The molecule has 0 saturated heterocycles. The summed E-state index contributed by atoms with van der Waals surface area (Å²) in [6.07, 6.45) is 0. The van der Waals surface area contributed by atoms with E-state index in [0.29, 0.717) is 0 Å². The minimum Gasteiger partial charge on any atom is -0.454 e. The van der Waals surface area contributed by atoms with Crippen molar-refractivity contribution in [3.63, 3.8) is 0 Å². The Bertz CT molecular complexity index is 3250. The fourth-order valence-corrected chi connectivity index (χ4v) is 8.61. The van der Waals surface area contributed by atoms with Crippen LogP contribution in [0.25, 0.3) is 82.8 Å². The Labute approximate surface area is 330 Å². The van der Waals surface area contributed by atoms with Crippen molar-refractivity contribution in [2.75, 3.05) is 4.90 Å². The Balaban J connectivity index is 1.18. The maximum atomic E-state index is 6.74. The van der Waals surface area contributed by atoms with Crippen molar-refractivity contribution in [3.05, 3.63) is 218 Å². The van der Waals surface area contributed by atoms with Gasteiger partial charge in [0.25, 0.3) is 0 Å². The first-order valence-corrected chi connectivity index (χ1v) is 19.4. The van der Waals surface area contributed by atoms with Gasteiger partial charge in [-0.05, 0) is 70.8 Å². The molecular weight excluding hydrogens is 693 g/mol. The number of anilines is 3. The third-order valence-corrected chi connectivity index (χ3v) is 11.2. The number of rotatable bonds is 7. The molecular formula is C54H36N2O. The monoisotopic (exact) mass is 728 g/mol. The number of benzene rings is 9. The van der Waals surface area contributed by atoms with Crippen molar-refractivity contribution in [2.24, 2.45) is 0 Å². The van der Waals surface area contributed by atoms with E-state index in [1.54, 1.807) is 0 Å². The highest BCUT2D eigenvalue weighted by Gasteiger charge is 2.24. The topological polar surface area (TPSA) is 21.3 Å². The van der Waals surface area contributed by atoms with Gasteiger partial charge >= 0.3 is 0 Å². The van der Waals surface area contributed by atoms with Gasteiger partial charge in [0.05, 0.1) is 28.1 Å². The van der Waals surface area contributed by atoms with Crippen LogP contribution in [0.5, 0.6) is 0 Å². The van der Waals surface area contributed by atoms with E-state index >= 15 is 0 Å². The maximum absolute atomic E-state index is 6.74. The van der Waals surface area contributed by atoms with E-state index in [9.17, 15) is 0 Å². The Morgan fingerprint density at radius 3 is 1.81 bits per heavy atom. The van der Waals surface area contributed by atoms with Crippen LogP contribution in [-0.2, 0) is 0 Å². The molecule has 2 heterocycles. The normalized spacial score (nSPS) is 11.5. The second-order valence-electron chi connectivity index (χ2n) is 14.5. The highest BCUT2D eigenvalue weighted by Crippen LogP contribution is 2.47. The highest BCUT2D eigenvalue weighted by molar-refractivity contribution is 6.13. The lowest BCUT2D eigenvalue weighted by Gasteiger charge is -2.28. The molecule has 3 heteroatoms. The standard InChI is InChI=1S/C54H36N2O/c1-3-17-37(18-4-1)39-21-15-22-40(35-39)43-24-8-12-29-49(43)56-50-30-13-9-25-44(50)45-34-33-41(36-52(45)56)55(48-28-11-7-23-42(48)38-19-5-2-6-20-38)51-31-16-27-47-46-26-10-14-32-53(46)57-54(47)51/h1-36H. The summed E-state index contributed by atoms with van der Waals surface area (Å²) >= 11 is 0. The van der Waals surface area contributed by atoms with E-state index in [-0.39, 0.29) is 0 Å². The van der Waals surface area contributed by atoms with Gasteiger partial charge in [0.2, 0.25) is 0 Å². The van der Waals surface area contributed by atoms with Gasteiger partial charge < -0.3 is 13.9 Å². The number of hydrogen-bond acceptors (Lipinski definition) is 2. The predicted octanol–water partition coefficient (Wildman–Crippen LogP) is 15.2. The molecule has 57 heavy (non-hydrogen) atoms. The lowest BCUT2D eigenvalue weighted by molar-refractivity contribution is 0.669. The summed E-state index contributed by atoms with van der Waals surface area (Å²) in [5, 5.41) is 4.60. The summed E-state index contributed by atoms with van der Waals surface area (Å²) in [6.45, 7) is 0. The number of furan rings is 1. The first-order valence-electron chi connectivity index (χ1n) is 19.4. The molecule has 0 amide bonds. The zero-order valence-corrected chi connectivity index (χ0v) is 31.1. The number of aromatic nitrogens is 1. The van der Waals surface area contributed by atoms with Crippen molar-refractivity contribution in [1.29, 1.82) is 0 Å². The maximum Gasteiger partial charge on any atom is 0.159 e. The lowest BCUT2D eigenvalue weighted by Crippen LogP contribution is -2.11. The fourth-order valence-electron chi connectivity index (χ4n) is 8.61. The van der Waals surface area contributed by atoms with Crippen LogP contribution in [0.4, 0.5) is 17.1 Å². The number of hydrogen-bond donors (Lipinski definition) is 0. The van der Waals surface area contributed by atoms with E-state index in [0.717, 1.165) is 66.8 Å². The minimum atomic E-state index is 0.853. The predicted molar refractivity (Wildman–Crippen MR) is 239 cm³/mol. The van der Waals surface area contributed by atoms with Gasteiger partial charge in [-0.25, -0.2) is 0 Å². The Hall–Kier alpha value is -7.62. The molecule has 268 valence electrons. The van der Waals surface area contributed by atoms with Crippen LogP contribution in [0.3, 0.4) is 0 Å². The van der Waals surface area contributed by atoms with E-state index in [2.05, 4.69) is 222 Å². The summed E-state index contributed by atoms with van der Waals surface area (Å²) in [7, 11) is 0. The van der Waals surface area contributed by atoms with Crippen LogP contribution in [0.1, 0.15) is 0 Å². The molecule has 2 aromatic heterocycles. The van der Waals surface area contributed by atoms with Crippen molar-refractivity contribution in [3.8, 4) is 39.1 Å². The molecule has 0 aliphatic carbocycles. The molecule has 0 unspecified atom stereocenters. The Morgan fingerprint density at radius 2 is 0.947 bits per heavy atom. The fraction of sp³-hybridized carbons (Fsp3) is 0. The Morgan fingerprint density at radius 1 is 0.351 bits per heavy atom. The SMILES string of the molecule is c1ccc(-c2cccc(-c3ccccc3-n3c4ccccc4c4ccc(N(c5ccccc5-c5ccccc5)c5cccc6c5oc5ccccc56)cc43)c2)cc1. The number of fused-ring (bicyclic) bond motifs is 6. The summed E-state index contributed by atoms with van der Waals surface area (Å²) in [6, 6.07) is 78.1. The molecule has 0 aliphatic heterocycles. The average molecular weight is 729 g/mol. The van der Waals surface area contributed by atoms with Crippen LogP contribution in [0.2, 0.25) is 0 Å². The summed E-state index contributed by atoms with van der Waals surface area (Å²) in [5.74, 6) is 0. The molecule has 11 rings (SSSR count). The van der Waals surface area contributed by atoms with E-state index in [4.69, 9.17) is 4.42 Å². The zero-order valence-electron chi connectivity index (χ0n) is 31.1. The highest BCUT2D eigenvalue weighted by atomic mass is 16.3. The molecule has 0 bridgehead atoms. The molecule has 0 aliphatic rings. The van der Waals surface area contributed by atoms with Crippen molar-refractivity contribution >= 4 is 60.8 Å². The first-order chi connectivity index (χ1) is 28.3. The first kappa shape index (κ1) is 32.8. The lowest BCUT2D eigenvalue weighted by atomic mass is 9.98. The average Bonchev–Trinajstić information content (AvgIpc) is 3.83. The third kappa shape index (κ3) is 5.51. The molecule has 0 N–H and O–H groups in total. The molecule has 0 spiro atoms. The molecule has 0 atom stereocenters. The number of para-hydroxylation sites is 5. The molecule has 0 saturated carbocycles. The van der Waals surface area contributed by atoms with Crippen LogP contribution in [0, 0.1) is 0 Å². The second kappa shape index (κ2) is 13.6. The van der Waals surface area contributed by atoms with Crippen LogP contribution < -0.4 is 4.90 Å². The minimum absolute atomic E-state index is 0.853. The Kier molecular flexibility index (Phi) is 7.82. The molecule has 9 aromatic carbocycles. The van der Waals surface area contributed by atoms with Gasteiger partial charge in [-0.3, -0.25) is 0 Å². The number of nitrogens with zero attached hydrogens (tertiary/aromatic N) is 2. The molecule has 0 fully saturated rings. The van der Waals surface area contributed by atoms with E-state index < -0.39 is 0 Å². The van der Waals surface area contributed by atoms with Crippen molar-refractivity contribution in [2.45, 2.75) is 0 Å². The summed E-state index contributed by atoms with van der Waals surface area (Å²) in [5.41, 5.74) is 15.2.